The third kappa shape index (κ3) is 7.46. The van der Waals surface area contributed by atoms with Crippen LogP contribution < -0.4 is 0 Å². The van der Waals surface area contributed by atoms with Gasteiger partial charge in [-0.25, -0.2) is 0 Å². The van der Waals surface area contributed by atoms with E-state index in [1.165, 1.54) is 5.56 Å². The molecule has 0 aliphatic carbocycles. The maximum atomic E-state index is 10.2. The van der Waals surface area contributed by atoms with Gasteiger partial charge in [0.2, 0.25) is 0 Å². The molecular weight excluding hydrogens is 310 g/mol. The Morgan fingerprint density at radius 1 is 1.04 bits per heavy atom. The Kier molecular flexibility index (Phi) is 8.82. The Labute approximate surface area is 151 Å². The zero-order valence-corrected chi connectivity index (χ0v) is 15.5. The minimum absolute atomic E-state index is 0.137. The van der Waals surface area contributed by atoms with Crippen molar-refractivity contribution >= 4 is 0 Å². The molecule has 0 saturated heterocycles. The van der Waals surface area contributed by atoms with Gasteiger partial charge in [-0.3, -0.25) is 4.98 Å². The minimum atomic E-state index is -0.604. The molecule has 3 heteroatoms. The number of aromatic nitrogens is 1. The average molecular weight is 339 g/mol. The molecule has 25 heavy (non-hydrogen) atoms. The Morgan fingerprint density at radius 3 is 2.08 bits per heavy atom. The van der Waals surface area contributed by atoms with Crippen LogP contribution in [0.2, 0.25) is 0 Å². The van der Waals surface area contributed by atoms with Crippen LogP contribution in [0.5, 0.6) is 0 Å². The van der Waals surface area contributed by atoms with Crippen LogP contribution in [0.25, 0.3) is 0 Å². The van der Waals surface area contributed by atoms with Gasteiger partial charge in [-0.1, -0.05) is 63.3 Å². The molecular formula is C22H29NO2. The van der Waals surface area contributed by atoms with Gasteiger partial charge >= 0.3 is 0 Å². The van der Waals surface area contributed by atoms with Gasteiger partial charge in [0, 0.05) is 18.0 Å². The largest absolute Gasteiger partial charge is 0.384 e. The summed E-state index contributed by atoms with van der Waals surface area (Å²) < 4.78 is 4.90. The number of benzene rings is 1. The van der Waals surface area contributed by atoms with E-state index in [-0.39, 0.29) is 5.41 Å². The Morgan fingerprint density at radius 2 is 1.64 bits per heavy atom. The number of nitrogens with zero attached hydrogens (tertiary/aromatic N) is 1. The molecule has 134 valence electrons. The van der Waals surface area contributed by atoms with E-state index < -0.39 is 6.10 Å². The highest BCUT2D eigenvalue weighted by Crippen LogP contribution is 2.26. The van der Waals surface area contributed by atoms with E-state index >= 15 is 0 Å². The highest BCUT2D eigenvalue weighted by atomic mass is 16.5. The summed E-state index contributed by atoms with van der Waals surface area (Å²) in [4.78, 5) is 4.03. The number of ether oxygens (including phenoxy) is 1. The molecule has 0 fully saturated rings. The standard InChI is InChI=1S/C16H19NO.C6H10O/c1-16(2,3)14-8-6-12(7-9-14)15(18)13-5-4-10-17-11-13;1-3-5-7-6-4-2/h4-11,15,18H,1-3H3;3-4H,1-2,5-6H2. The van der Waals surface area contributed by atoms with E-state index in [2.05, 4.69) is 51.0 Å². The van der Waals surface area contributed by atoms with Gasteiger partial charge in [-0.2, -0.15) is 0 Å². The van der Waals surface area contributed by atoms with Crippen molar-refractivity contribution < 1.29 is 9.84 Å². The van der Waals surface area contributed by atoms with E-state index in [0.717, 1.165) is 11.1 Å². The van der Waals surface area contributed by atoms with Gasteiger partial charge in [0.05, 0.1) is 13.2 Å². The molecule has 0 saturated carbocycles. The molecule has 0 bridgehead atoms. The second-order valence-electron chi connectivity index (χ2n) is 6.68. The molecule has 1 atom stereocenters. The van der Waals surface area contributed by atoms with Crippen LogP contribution in [-0.2, 0) is 10.2 Å². The van der Waals surface area contributed by atoms with Crippen LogP contribution in [0, 0.1) is 0 Å². The van der Waals surface area contributed by atoms with Gasteiger partial charge in [0.15, 0.2) is 0 Å². The molecule has 0 aliphatic rings. The predicted octanol–water partition coefficient (Wildman–Crippen LogP) is 4.84. The fraction of sp³-hybridized carbons (Fsp3) is 0.318. The Hall–Kier alpha value is -2.23. The van der Waals surface area contributed by atoms with E-state index in [0.29, 0.717) is 13.2 Å². The smallest absolute Gasteiger partial charge is 0.106 e. The Bertz CT molecular complexity index is 619. The zero-order chi connectivity index (χ0) is 18.7. The third-order valence-electron chi connectivity index (χ3n) is 3.56. The van der Waals surface area contributed by atoms with Crippen LogP contribution in [0.3, 0.4) is 0 Å². The average Bonchev–Trinajstić information content (AvgIpc) is 2.62. The van der Waals surface area contributed by atoms with Crippen molar-refractivity contribution in [3.63, 3.8) is 0 Å². The first-order valence-electron chi connectivity index (χ1n) is 8.38. The summed E-state index contributed by atoms with van der Waals surface area (Å²) in [5, 5.41) is 10.2. The summed E-state index contributed by atoms with van der Waals surface area (Å²) in [6.45, 7) is 14.7. The predicted molar refractivity (Wildman–Crippen MR) is 105 cm³/mol. The second-order valence-corrected chi connectivity index (χ2v) is 6.68. The number of aliphatic hydroxyl groups excluding tert-OH is 1. The quantitative estimate of drug-likeness (QED) is 0.605. The van der Waals surface area contributed by atoms with Gasteiger partial charge in [-0.05, 0) is 22.6 Å². The van der Waals surface area contributed by atoms with Crippen molar-refractivity contribution in [1.82, 2.24) is 4.98 Å². The van der Waals surface area contributed by atoms with Gasteiger partial charge in [0.25, 0.3) is 0 Å². The highest BCUT2D eigenvalue weighted by Gasteiger charge is 2.15. The molecule has 3 nitrogen and oxygen atoms in total. The number of pyridine rings is 1. The van der Waals surface area contributed by atoms with Crippen molar-refractivity contribution in [3.8, 4) is 0 Å². The summed E-state index contributed by atoms with van der Waals surface area (Å²) in [5.74, 6) is 0. The fourth-order valence-electron chi connectivity index (χ4n) is 2.13. The van der Waals surface area contributed by atoms with Crippen molar-refractivity contribution in [2.24, 2.45) is 0 Å². The molecule has 2 rings (SSSR count). The molecule has 2 aromatic rings. The van der Waals surface area contributed by atoms with Crippen molar-refractivity contribution in [2.45, 2.75) is 32.3 Å². The summed E-state index contributed by atoms with van der Waals surface area (Å²) in [7, 11) is 0. The zero-order valence-electron chi connectivity index (χ0n) is 15.5. The van der Waals surface area contributed by atoms with Gasteiger partial charge in [0.1, 0.15) is 6.10 Å². The van der Waals surface area contributed by atoms with Gasteiger partial charge < -0.3 is 9.84 Å². The summed E-state index contributed by atoms with van der Waals surface area (Å²) in [6.07, 6.45) is 6.22. The Balaban J connectivity index is 0.000000381. The number of aliphatic hydroxyl groups is 1. The van der Waals surface area contributed by atoms with Crippen LogP contribution in [0.15, 0.2) is 74.1 Å². The maximum Gasteiger partial charge on any atom is 0.106 e. The number of rotatable bonds is 6. The second kappa shape index (κ2) is 10.6. The fourth-order valence-corrected chi connectivity index (χ4v) is 2.13. The maximum absolute atomic E-state index is 10.2. The molecule has 0 spiro atoms. The van der Waals surface area contributed by atoms with Crippen LogP contribution in [0.1, 0.15) is 43.6 Å². The van der Waals surface area contributed by atoms with E-state index in [1.54, 1.807) is 24.5 Å². The van der Waals surface area contributed by atoms with Crippen molar-refractivity contribution in [3.05, 3.63) is 90.8 Å². The monoisotopic (exact) mass is 339 g/mol. The lowest BCUT2D eigenvalue weighted by Crippen LogP contribution is -2.11. The van der Waals surface area contributed by atoms with Crippen molar-refractivity contribution in [2.75, 3.05) is 13.2 Å². The SMILES string of the molecule is C=CCOCC=C.CC(C)(C)c1ccc(C(O)c2cccnc2)cc1. The number of hydrogen-bond donors (Lipinski definition) is 1. The van der Waals surface area contributed by atoms with Crippen LogP contribution in [0.4, 0.5) is 0 Å². The molecule has 0 amide bonds. The topological polar surface area (TPSA) is 42.4 Å². The molecule has 0 aliphatic heterocycles. The molecule has 1 aromatic heterocycles. The first kappa shape index (κ1) is 20.8. The van der Waals surface area contributed by atoms with Crippen molar-refractivity contribution in [1.29, 1.82) is 0 Å². The van der Waals surface area contributed by atoms with Crippen LogP contribution in [-0.4, -0.2) is 23.3 Å². The lowest BCUT2D eigenvalue weighted by atomic mass is 9.86. The van der Waals surface area contributed by atoms with E-state index in [9.17, 15) is 5.11 Å². The molecule has 1 N–H and O–H groups in total. The lowest BCUT2D eigenvalue weighted by Gasteiger charge is -2.20. The summed E-state index contributed by atoms with van der Waals surface area (Å²) in [6, 6.07) is 11.8. The first-order chi connectivity index (χ1) is 11.9. The van der Waals surface area contributed by atoms with Crippen LogP contribution >= 0.6 is 0 Å². The lowest BCUT2D eigenvalue weighted by molar-refractivity contribution is 0.194. The first-order valence-corrected chi connectivity index (χ1v) is 8.38. The molecule has 1 unspecified atom stereocenters. The summed E-state index contributed by atoms with van der Waals surface area (Å²) in [5.41, 5.74) is 3.12. The third-order valence-corrected chi connectivity index (χ3v) is 3.56. The minimum Gasteiger partial charge on any atom is -0.384 e. The summed E-state index contributed by atoms with van der Waals surface area (Å²) >= 11 is 0. The highest BCUT2D eigenvalue weighted by molar-refractivity contribution is 5.32. The number of hydrogen-bond acceptors (Lipinski definition) is 3. The molecule has 1 aromatic carbocycles. The normalized spacial score (nSPS) is 11.8. The molecule has 1 heterocycles. The molecule has 0 radical (unpaired) electrons. The van der Waals surface area contributed by atoms with Gasteiger partial charge in [-0.15, -0.1) is 13.2 Å². The van der Waals surface area contributed by atoms with E-state index in [1.807, 2.05) is 24.3 Å². The van der Waals surface area contributed by atoms with E-state index in [4.69, 9.17) is 4.74 Å².